The molecule has 0 saturated heterocycles. The summed E-state index contributed by atoms with van der Waals surface area (Å²) in [6.07, 6.45) is 9.52. The lowest BCUT2D eigenvalue weighted by atomic mass is 9.42. The molecule has 23 heavy (non-hydrogen) atoms. The van der Waals surface area contributed by atoms with Crippen molar-refractivity contribution in [2.45, 2.75) is 71.8 Å². The third-order valence-electron chi connectivity index (χ3n) is 7.62. The first-order chi connectivity index (χ1) is 10.8. The lowest BCUT2D eigenvalue weighted by Crippen LogP contribution is -2.59. The number of carbonyl (C=O) groups excluding carboxylic acids is 2. The summed E-state index contributed by atoms with van der Waals surface area (Å²) < 4.78 is 0. The van der Waals surface area contributed by atoms with Crippen molar-refractivity contribution in [3.63, 3.8) is 0 Å². The predicted octanol–water partition coefficient (Wildman–Crippen LogP) is 3.69. The highest BCUT2D eigenvalue weighted by atomic mass is 16.3. The molecular formula is C20H30O3. The quantitative estimate of drug-likeness (QED) is 0.790. The summed E-state index contributed by atoms with van der Waals surface area (Å²) >= 11 is 0. The normalized spacial score (nSPS) is 45.9. The van der Waals surface area contributed by atoms with Crippen molar-refractivity contribution in [3.8, 4) is 0 Å². The van der Waals surface area contributed by atoms with E-state index in [1.165, 1.54) is 12.8 Å². The van der Waals surface area contributed by atoms with Crippen LogP contribution in [-0.2, 0) is 9.59 Å². The maximum Gasteiger partial charge on any atom is 0.145 e. The zero-order valence-corrected chi connectivity index (χ0v) is 14.7. The summed E-state index contributed by atoms with van der Waals surface area (Å²) in [4.78, 5) is 23.4. The second-order valence-corrected chi connectivity index (χ2v) is 9.07. The summed E-state index contributed by atoms with van der Waals surface area (Å²) in [6, 6.07) is 0. The summed E-state index contributed by atoms with van der Waals surface area (Å²) in [7, 11) is 0. The van der Waals surface area contributed by atoms with Gasteiger partial charge >= 0.3 is 0 Å². The van der Waals surface area contributed by atoms with Crippen LogP contribution in [0, 0.1) is 28.1 Å². The monoisotopic (exact) mass is 318 g/mol. The van der Waals surface area contributed by atoms with E-state index in [2.05, 4.69) is 20.8 Å². The van der Waals surface area contributed by atoms with Gasteiger partial charge in [-0.05, 0) is 60.3 Å². The molecule has 0 bridgehead atoms. The lowest BCUT2D eigenvalue weighted by molar-refractivity contribution is -0.170. The minimum absolute atomic E-state index is 0.0662. The Morgan fingerprint density at radius 1 is 1.13 bits per heavy atom. The van der Waals surface area contributed by atoms with Crippen molar-refractivity contribution in [3.05, 3.63) is 11.6 Å². The Balaban J connectivity index is 2.08. The van der Waals surface area contributed by atoms with E-state index in [1.54, 1.807) is 0 Å². The lowest BCUT2D eigenvalue weighted by Gasteiger charge is -2.62. The summed E-state index contributed by atoms with van der Waals surface area (Å²) in [5, 5.41) is 10.8. The van der Waals surface area contributed by atoms with Crippen LogP contribution in [0.4, 0.5) is 0 Å². The van der Waals surface area contributed by atoms with Crippen LogP contribution in [0.2, 0.25) is 0 Å². The highest BCUT2D eigenvalue weighted by molar-refractivity contribution is 5.74. The second kappa shape index (κ2) is 5.54. The topological polar surface area (TPSA) is 54.4 Å². The number of aliphatic hydroxyl groups excluding tert-OH is 1. The van der Waals surface area contributed by atoms with Gasteiger partial charge in [-0.1, -0.05) is 33.3 Å². The molecule has 0 heterocycles. The van der Waals surface area contributed by atoms with Crippen LogP contribution in [0.1, 0.15) is 65.7 Å². The van der Waals surface area contributed by atoms with Gasteiger partial charge in [-0.15, -0.1) is 0 Å². The van der Waals surface area contributed by atoms with E-state index in [-0.39, 0.29) is 16.7 Å². The molecule has 2 fully saturated rings. The summed E-state index contributed by atoms with van der Waals surface area (Å²) in [6.45, 7) is 7.07. The van der Waals surface area contributed by atoms with Crippen molar-refractivity contribution in [2.24, 2.45) is 28.1 Å². The first kappa shape index (κ1) is 16.9. The fourth-order valence-corrected chi connectivity index (χ4v) is 6.46. The van der Waals surface area contributed by atoms with Crippen molar-refractivity contribution in [2.75, 3.05) is 0 Å². The highest BCUT2D eigenvalue weighted by Crippen LogP contribution is 2.66. The molecule has 2 saturated carbocycles. The van der Waals surface area contributed by atoms with E-state index in [1.807, 2.05) is 6.08 Å². The van der Waals surface area contributed by atoms with Gasteiger partial charge in [0.2, 0.25) is 0 Å². The van der Waals surface area contributed by atoms with Gasteiger partial charge in [0.15, 0.2) is 0 Å². The predicted molar refractivity (Wildman–Crippen MR) is 89.8 cm³/mol. The molecule has 1 N–H and O–H groups in total. The molecule has 5 atom stereocenters. The van der Waals surface area contributed by atoms with Crippen LogP contribution < -0.4 is 0 Å². The molecule has 0 spiro atoms. The fourth-order valence-electron chi connectivity index (χ4n) is 6.46. The largest absolute Gasteiger partial charge is 0.392 e. The first-order valence-corrected chi connectivity index (χ1v) is 9.09. The number of fused-ring (bicyclic) bond motifs is 3. The SMILES string of the molecule is CC1(C)CCC[C@@]2(C)[C@H]1CC[C@@]1(C=O)[C@@H](O)CC(C=O)=CC[C@@H]21. The Kier molecular flexibility index (Phi) is 4.07. The van der Waals surface area contributed by atoms with Gasteiger partial charge in [0, 0.05) is 6.42 Å². The number of carbonyl (C=O) groups is 2. The molecule has 0 aromatic carbocycles. The molecular weight excluding hydrogens is 288 g/mol. The van der Waals surface area contributed by atoms with Crippen LogP contribution in [0.3, 0.4) is 0 Å². The second-order valence-electron chi connectivity index (χ2n) is 9.07. The zero-order chi connectivity index (χ0) is 16.9. The molecule has 3 heteroatoms. The van der Waals surface area contributed by atoms with Gasteiger partial charge in [-0.2, -0.15) is 0 Å². The van der Waals surface area contributed by atoms with E-state index >= 15 is 0 Å². The smallest absolute Gasteiger partial charge is 0.145 e. The van der Waals surface area contributed by atoms with Gasteiger partial charge in [0.05, 0.1) is 11.5 Å². The van der Waals surface area contributed by atoms with Gasteiger partial charge in [-0.3, -0.25) is 4.79 Å². The maximum absolute atomic E-state index is 12.2. The average molecular weight is 318 g/mol. The third-order valence-corrected chi connectivity index (χ3v) is 7.62. The van der Waals surface area contributed by atoms with Crippen LogP contribution in [-0.4, -0.2) is 23.8 Å². The molecule has 3 aliphatic rings. The van der Waals surface area contributed by atoms with Gasteiger partial charge in [-0.25, -0.2) is 0 Å². The fraction of sp³-hybridized carbons (Fsp3) is 0.800. The molecule has 128 valence electrons. The molecule has 0 aromatic heterocycles. The molecule has 3 nitrogen and oxygen atoms in total. The van der Waals surface area contributed by atoms with Crippen LogP contribution in [0.25, 0.3) is 0 Å². The average Bonchev–Trinajstić information content (AvgIpc) is 2.64. The van der Waals surface area contributed by atoms with Gasteiger partial charge in [0.1, 0.15) is 12.6 Å². The Morgan fingerprint density at radius 3 is 2.52 bits per heavy atom. The van der Waals surface area contributed by atoms with Crippen LogP contribution in [0.5, 0.6) is 0 Å². The van der Waals surface area contributed by atoms with Crippen molar-refractivity contribution < 1.29 is 14.7 Å². The minimum Gasteiger partial charge on any atom is -0.392 e. The number of hydrogen-bond acceptors (Lipinski definition) is 3. The van der Waals surface area contributed by atoms with Gasteiger partial charge in [0.25, 0.3) is 0 Å². The Hall–Kier alpha value is -0.960. The maximum atomic E-state index is 12.2. The Labute approximate surface area is 139 Å². The highest BCUT2D eigenvalue weighted by Gasteiger charge is 2.61. The van der Waals surface area contributed by atoms with Gasteiger partial charge < -0.3 is 9.90 Å². The molecule has 3 rings (SSSR count). The molecule has 0 amide bonds. The number of allylic oxidation sites excluding steroid dienone is 1. The van der Waals surface area contributed by atoms with Crippen LogP contribution in [0.15, 0.2) is 11.6 Å². The zero-order valence-electron chi connectivity index (χ0n) is 14.7. The Morgan fingerprint density at radius 2 is 1.87 bits per heavy atom. The molecule has 0 radical (unpaired) electrons. The number of aldehydes is 2. The van der Waals surface area contributed by atoms with E-state index in [0.717, 1.165) is 38.3 Å². The first-order valence-electron chi connectivity index (χ1n) is 9.09. The molecule has 0 aliphatic heterocycles. The number of hydrogen-bond donors (Lipinski definition) is 1. The van der Waals surface area contributed by atoms with E-state index in [0.29, 0.717) is 17.9 Å². The minimum atomic E-state index is -0.730. The molecule has 0 aromatic rings. The van der Waals surface area contributed by atoms with Crippen LogP contribution >= 0.6 is 0 Å². The van der Waals surface area contributed by atoms with E-state index < -0.39 is 11.5 Å². The molecule has 0 unspecified atom stereocenters. The number of aliphatic hydroxyl groups is 1. The summed E-state index contributed by atoms with van der Waals surface area (Å²) in [5.74, 6) is 0.721. The van der Waals surface area contributed by atoms with Crippen molar-refractivity contribution in [1.29, 1.82) is 0 Å². The standard InChI is InChI=1S/C20H30O3/c1-18(2)8-4-9-19(3)15(18)7-10-20(13-22)16(19)6-5-14(12-21)11-17(20)23/h5,12-13,15-17,23H,4,6-11H2,1-3H3/t15-,16-,17-,19-,20-/m0/s1. The van der Waals surface area contributed by atoms with Crippen molar-refractivity contribution in [1.82, 2.24) is 0 Å². The third kappa shape index (κ3) is 2.34. The van der Waals surface area contributed by atoms with E-state index in [4.69, 9.17) is 0 Å². The summed E-state index contributed by atoms with van der Waals surface area (Å²) in [5.41, 5.74) is 0.330. The van der Waals surface area contributed by atoms with E-state index in [9.17, 15) is 14.7 Å². The number of rotatable bonds is 2. The molecule has 3 aliphatic carbocycles. The Bertz CT molecular complexity index is 535. The van der Waals surface area contributed by atoms with Crippen molar-refractivity contribution >= 4 is 12.6 Å².